The van der Waals surface area contributed by atoms with Gasteiger partial charge in [-0.3, -0.25) is 4.79 Å². The molecule has 21 heavy (non-hydrogen) atoms. The molecule has 0 aliphatic heterocycles. The number of hydrogen-bond acceptors (Lipinski definition) is 3. The van der Waals surface area contributed by atoms with Crippen LogP contribution in [0.3, 0.4) is 0 Å². The van der Waals surface area contributed by atoms with E-state index in [0.29, 0.717) is 11.3 Å². The van der Waals surface area contributed by atoms with Gasteiger partial charge in [0.15, 0.2) is 0 Å². The lowest BCUT2D eigenvalue weighted by Crippen LogP contribution is -2.31. The Hall–Kier alpha value is -2.33. The summed E-state index contributed by atoms with van der Waals surface area (Å²) in [7, 11) is 1.53. The van der Waals surface area contributed by atoms with Crippen molar-refractivity contribution in [2.45, 2.75) is 13.0 Å². The predicted octanol–water partition coefficient (Wildman–Crippen LogP) is 2.47. The van der Waals surface area contributed by atoms with Gasteiger partial charge in [0, 0.05) is 0 Å². The van der Waals surface area contributed by atoms with E-state index in [0.717, 1.165) is 11.1 Å². The fraction of sp³-hybridized carbons (Fsp3) is 0.235. The van der Waals surface area contributed by atoms with Gasteiger partial charge >= 0.3 is 0 Å². The van der Waals surface area contributed by atoms with Crippen LogP contribution in [0.2, 0.25) is 0 Å². The highest BCUT2D eigenvalue weighted by Crippen LogP contribution is 2.21. The molecule has 0 spiro atoms. The first kappa shape index (κ1) is 15.1. The molecule has 0 radical (unpaired) electrons. The summed E-state index contributed by atoms with van der Waals surface area (Å²) in [6.45, 7) is 1.75. The Labute approximate surface area is 124 Å². The second-order valence-electron chi connectivity index (χ2n) is 4.82. The van der Waals surface area contributed by atoms with Gasteiger partial charge < -0.3 is 15.2 Å². The number of aliphatic hydroxyl groups excluding tert-OH is 1. The van der Waals surface area contributed by atoms with E-state index < -0.39 is 6.04 Å². The number of amides is 1. The summed E-state index contributed by atoms with van der Waals surface area (Å²) in [6, 6.07) is 14.4. The Morgan fingerprint density at radius 3 is 2.57 bits per heavy atom. The van der Waals surface area contributed by atoms with E-state index in [2.05, 4.69) is 5.32 Å². The summed E-state index contributed by atoms with van der Waals surface area (Å²) in [5, 5.41) is 12.3. The van der Waals surface area contributed by atoms with Gasteiger partial charge in [0.25, 0.3) is 5.91 Å². The van der Waals surface area contributed by atoms with Crippen LogP contribution < -0.4 is 10.1 Å². The van der Waals surface area contributed by atoms with Crippen molar-refractivity contribution in [2.75, 3.05) is 13.7 Å². The third-order valence-electron chi connectivity index (χ3n) is 3.29. The first-order valence-corrected chi connectivity index (χ1v) is 6.77. The Morgan fingerprint density at radius 1 is 1.24 bits per heavy atom. The van der Waals surface area contributed by atoms with Crippen molar-refractivity contribution in [1.82, 2.24) is 5.32 Å². The Bertz CT molecular complexity index is 611. The molecule has 4 heteroatoms. The lowest BCUT2D eigenvalue weighted by molar-refractivity contribution is 0.0913. The molecule has 110 valence electrons. The van der Waals surface area contributed by atoms with Crippen molar-refractivity contribution >= 4 is 5.91 Å². The third-order valence-corrected chi connectivity index (χ3v) is 3.29. The summed E-state index contributed by atoms with van der Waals surface area (Å²) in [5.74, 6) is 0.251. The van der Waals surface area contributed by atoms with Crippen molar-refractivity contribution in [1.29, 1.82) is 0 Å². The molecular weight excluding hydrogens is 266 g/mol. The average Bonchev–Trinajstić information content (AvgIpc) is 2.53. The molecule has 2 aromatic carbocycles. The summed E-state index contributed by atoms with van der Waals surface area (Å²) in [5.41, 5.74) is 2.30. The number of nitrogens with one attached hydrogen (secondary N) is 1. The van der Waals surface area contributed by atoms with E-state index in [1.807, 2.05) is 43.3 Å². The minimum Gasteiger partial charge on any atom is -0.496 e. The molecule has 0 unspecified atom stereocenters. The molecule has 4 nitrogen and oxygen atoms in total. The van der Waals surface area contributed by atoms with Crippen molar-refractivity contribution < 1.29 is 14.6 Å². The van der Waals surface area contributed by atoms with Gasteiger partial charge in [0.05, 0.1) is 25.3 Å². The van der Waals surface area contributed by atoms with E-state index in [4.69, 9.17) is 4.74 Å². The van der Waals surface area contributed by atoms with E-state index in [-0.39, 0.29) is 12.5 Å². The van der Waals surface area contributed by atoms with Crippen LogP contribution in [0.1, 0.15) is 27.5 Å². The first-order valence-electron chi connectivity index (χ1n) is 6.77. The first-order chi connectivity index (χ1) is 10.2. The summed E-state index contributed by atoms with van der Waals surface area (Å²) in [6.07, 6.45) is 0. The zero-order chi connectivity index (χ0) is 15.2. The summed E-state index contributed by atoms with van der Waals surface area (Å²) in [4.78, 5) is 12.4. The van der Waals surface area contributed by atoms with Gasteiger partial charge in [-0.05, 0) is 24.6 Å². The fourth-order valence-electron chi connectivity index (χ4n) is 2.15. The molecule has 0 aromatic heterocycles. The maximum absolute atomic E-state index is 12.4. The molecule has 0 bridgehead atoms. The largest absolute Gasteiger partial charge is 0.496 e. The van der Waals surface area contributed by atoms with Gasteiger partial charge in [-0.2, -0.15) is 0 Å². The number of hydrogen-bond donors (Lipinski definition) is 2. The quantitative estimate of drug-likeness (QED) is 0.887. The molecule has 0 fully saturated rings. The van der Waals surface area contributed by atoms with Crippen molar-refractivity contribution in [2.24, 2.45) is 0 Å². The van der Waals surface area contributed by atoms with Crippen LogP contribution in [0.4, 0.5) is 0 Å². The van der Waals surface area contributed by atoms with Gasteiger partial charge in [0.2, 0.25) is 0 Å². The minimum absolute atomic E-state index is 0.163. The normalized spacial score (nSPS) is 11.8. The molecule has 0 heterocycles. The summed E-state index contributed by atoms with van der Waals surface area (Å²) < 4.78 is 5.22. The lowest BCUT2D eigenvalue weighted by atomic mass is 10.1. The van der Waals surface area contributed by atoms with Crippen LogP contribution in [0.25, 0.3) is 0 Å². The van der Waals surface area contributed by atoms with Crippen molar-refractivity contribution in [3.05, 3.63) is 65.2 Å². The molecule has 0 aliphatic carbocycles. The zero-order valence-corrected chi connectivity index (χ0v) is 12.2. The van der Waals surface area contributed by atoms with E-state index in [9.17, 15) is 9.90 Å². The van der Waals surface area contributed by atoms with Crippen molar-refractivity contribution in [3.8, 4) is 5.75 Å². The smallest absolute Gasteiger partial charge is 0.255 e. The molecule has 0 aliphatic rings. The molecule has 0 saturated heterocycles. The number of aryl methyl sites for hydroxylation is 1. The van der Waals surface area contributed by atoms with Gasteiger partial charge in [-0.25, -0.2) is 0 Å². The number of carbonyl (C=O) groups is 1. The number of aliphatic hydroxyl groups is 1. The number of rotatable bonds is 5. The number of methoxy groups -OCH3 is 1. The second-order valence-corrected chi connectivity index (χ2v) is 4.82. The van der Waals surface area contributed by atoms with Crippen LogP contribution >= 0.6 is 0 Å². The van der Waals surface area contributed by atoms with Crippen LogP contribution in [-0.2, 0) is 0 Å². The molecule has 0 saturated carbocycles. The monoisotopic (exact) mass is 285 g/mol. The Kier molecular flexibility index (Phi) is 4.95. The fourth-order valence-corrected chi connectivity index (χ4v) is 2.15. The van der Waals surface area contributed by atoms with Crippen LogP contribution in [-0.4, -0.2) is 24.7 Å². The Balaban J connectivity index is 2.22. The zero-order valence-electron chi connectivity index (χ0n) is 12.2. The SMILES string of the molecule is COc1ccc(C)cc1C(=O)N[C@H](CO)c1ccccc1. The van der Waals surface area contributed by atoms with Gasteiger partial charge in [0.1, 0.15) is 5.75 Å². The molecule has 1 amide bonds. The highest BCUT2D eigenvalue weighted by Gasteiger charge is 2.17. The minimum atomic E-state index is -0.441. The van der Waals surface area contributed by atoms with Crippen LogP contribution in [0.5, 0.6) is 5.75 Å². The van der Waals surface area contributed by atoms with Crippen LogP contribution in [0, 0.1) is 6.92 Å². The molecule has 2 N–H and O–H groups in total. The molecular formula is C17H19NO3. The average molecular weight is 285 g/mol. The number of carbonyl (C=O) groups excluding carboxylic acids is 1. The number of benzene rings is 2. The predicted molar refractivity (Wildman–Crippen MR) is 81.5 cm³/mol. The van der Waals surface area contributed by atoms with E-state index in [1.54, 1.807) is 12.1 Å². The maximum Gasteiger partial charge on any atom is 0.255 e. The van der Waals surface area contributed by atoms with E-state index in [1.165, 1.54) is 7.11 Å². The molecule has 1 atom stereocenters. The Morgan fingerprint density at radius 2 is 1.95 bits per heavy atom. The lowest BCUT2D eigenvalue weighted by Gasteiger charge is -2.18. The standard InChI is InChI=1S/C17H19NO3/c1-12-8-9-16(21-2)14(10-12)17(20)18-15(11-19)13-6-4-3-5-7-13/h3-10,15,19H,11H2,1-2H3,(H,18,20)/t15-/m1/s1. The highest BCUT2D eigenvalue weighted by molar-refractivity contribution is 5.97. The van der Waals surface area contributed by atoms with E-state index >= 15 is 0 Å². The van der Waals surface area contributed by atoms with Gasteiger partial charge in [-0.15, -0.1) is 0 Å². The van der Waals surface area contributed by atoms with Crippen LogP contribution in [0.15, 0.2) is 48.5 Å². The third kappa shape index (κ3) is 3.61. The topological polar surface area (TPSA) is 58.6 Å². The highest BCUT2D eigenvalue weighted by atomic mass is 16.5. The van der Waals surface area contributed by atoms with Crippen molar-refractivity contribution in [3.63, 3.8) is 0 Å². The summed E-state index contributed by atoms with van der Waals surface area (Å²) >= 11 is 0. The number of ether oxygens (including phenoxy) is 1. The molecule has 2 aromatic rings. The molecule has 2 rings (SSSR count). The van der Waals surface area contributed by atoms with Gasteiger partial charge in [-0.1, -0.05) is 42.0 Å². The maximum atomic E-state index is 12.4. The second kappa shape index (κ2) is 6.90.